The molecule has 2 amide bonds. The molecule has 0 bridgehead atoms. The minimum Gasteiger partial charge on any atom is -0.475 e. The van der Waals surface area contributed by atoms with Crippen LogP contribution in [0.3, 0.4) is 0 Å². The van der Waals surface area contributed by atoms with Gasteiger partial charge in [0.05, 0.1) is 11.9 Å². The number of aliphatic carboxylic acids is 1. The third-order valence-electron chi connectivity index (χ3n) is 5.93. The van der Waals surface area contributed by atoms with Gasteiger partial charge in [0.1, 0.15) is 11.6 Å². The van der Waals surface area contributed by atoms with Crippen molar-refractivity contribution in [2.45, 2.75) is 19.0 Å². The summed E-state index contributed by atoms with van der Waals surface area (Å²) in [4.78, 5) is 34.3. The number of fused-ring (bicyclic) bond motifs is 1. The van der Waals surface area contributed by atoms with Crippen LogP contribution in [0.1, 0.15) is 12.8 Å². The van der Waals surface area contributed by atoms with E-state index >= 15 is 0 Å². The van der Waals surface area contributed by atoms with Gasteiger partial charge < -0.3 is 25.5 Å². The third kappa shape index (κ3) is 6.25. The van der Waals surface area contributed by atoms with E-state index in [2.05, 4.69) is 25.5 Å². The molecule has 3 N–H and O–H groups in total. The molecule has 0 aliphatic carbocycles. The first-order valence-corrected chi connectivity index (χ1v) is 11.6. The van der Waals surface area contributed by atoms with Crippen LogP contribution in [0.25, 0.3) is 17.0 Å². The zero-order valence-electron chi connectivity index (χ0n) is 19.6. The minimum atomic E-state index is -5.08. The maximum absolute atomic E-state index is 14.6. The average molecular weight is 523 g/mol. The number of urea groups is 1. The summed E-state index contributed by atoms with van der Waals surface area (Å²) >= 11 is 0. The van der Waals surface area contributed by atoms with Crippen LogP contribution in [-0.2, 0) is 4.79 Å². The Morgan fingerprint density at radius 3 is 2.38 bits per heavy atom. The largest absolute Gasteiger partial charge is 0.490 e. The Morgan fingerprint density at radius 1 is 1.05 bits per heavy atom. The highest BCUT2D eigenvalue weighted by Crippen LogP contribution is 2.27. The van der Waals surface area contributed by atoms with Crippen LogP contribution in [0.2, 0.25) is 0 Å². The highest BCUT2D eigenvalue weighted by Gasteiger charge is 2.38. The lowest BCUT2D eigenvalue weighted by Crippen LogP contribution is -2.44. The summed E-state index contributed by atoms with van der Waals surface area (Å²) in [6.45, 7) is 5.19. The van der Waals surface area contributed by atoms with E-state index in [0.29, 0.717) is 22.7 Å². The van der Waals surface area contributed by atoms with Crippen LogP contribution in [-0.4, -0.2) is 81.8 Å². The van der Waals surface area contributed by atoms with Gasteiger partial charge in [-0.05, 0) is 37.1 Å². The summed E-state index contributed by atoms with van der Waals surface area (Å²) in [5, 5.41) is 13.3. The second-order valence-corrected chi connectivity index (χ2v) is 8.46. The lowest BCUT2D eigenvalue weighted by molar-refractivity contribution is -0.192. The maximum Gasteiger partial charge on any atom is 0.490 e. The molecule has 0 spiro atoms. The second kappa shape index (κ2) is 11.0. The van der Waals surface area contributed by atoms with E-state index in [1.807, 2.05) is 10.6 Å². The average Bonchev–Trinajstić information content (AvgIpc) is 3.56. The number of hydrogen-bond donors (Lipinski definition) is 3. The number of nitrogens with zero attached hydrogens (tertiary/aromatic N) is 5. The summed E-state index contributed by atoms with van der Waals surface area (Å²) in [6.07, 6.45) is 0.635. The fourth-order valence-corrected chi connectivity index (χ4v) is 4.06. The number of hydrogen-bond acceptors (Lipinski definition) is 6. The van der Waals surface area contributed by atoms with Crippen molar-refractivity contribution in [3.63, 3.8) is 0 Å². The van der Waals surface area contributed by atoms with Crippen LogP contribution >= 0.6 is 0 Å². The predicted molar refractivity (Wildman–Crippen MR) is 127 cm³/mol. The number of imidazole rings is 1. The molecule has 14 heteroatoms. The van der Waals surface area contributed by atoms with Gasteiger partial charge in [-0.2, -0.15) is 13.2 Å². The normalized spacial score (nSPS) is 15.9. The molecule has 10 nitrogen and oxygen atoms in total. The van der Waals surface area contributed by atoms with E-state index in [1.54, 1.807) is 29.3 Å². The molecule has 2 fully saturated rings. The van der Waals surface area contributed by atoms with Crippen molar-refractivity contribution in [2.24, 2.45) is 0 Å². The van der Waals surface area contributed by atoms with Crippen molar-refractivity contribution in [1.82, 2.24) is 24.6 Å². The summed E-state index contributed by atoms with van der Waals surface area (Å²) in [5.74, 6) is -1.64. The Morgan fingerprint density at radius 2 is 1.73 bits per heavy atom. The molecular weight excluding hydrogens is 498 g/mol. The van der Waals surface area contributed by atoms with Gasteiger partial charge in [0.2, 0.25) is 5.78 Å². The lowest BCUT2D eigenvalue weighted by atomic mass is 10.1. The van der Waals surface area contributed by atoms with Gasteiger partial charge >= 0.3 is 18.2 Å². The molecule has 1 aromatic carbocycles. The van der Waals surface area contributed by atoms with Crippen molar-refractivity contribution >= 4 is 29.3 Å². The number of aromatic nitrogens is 3. The van der Waals surface area contributed by atoms with E-state index < -0.39 is 12.1 Å². The number of rotatable bonds is 3. The van der Waals surface area contributed by atoms with Crippen molar-refractivity contribution < 1.29 is 32.3 Å². The molecule has 0 radical (unpaired) electrons. The van der Waals surface area contributed by atoms with Crippen LogP contribution in [0.15, 0.2) is 36.7 Å². The number of alkyl halides is 3. The first kappa shape index (κ1) is 26.1. The fourth-order valence-electron chi connectivity index (χ4n) is 4.06. The van der Waals surface area contributed by atoms with E-state index in [4.69, 9.17) is 9.90 Å². The summed E-state index contributed by atoms with van der Waals surface area (Å²) in [6, 6.07) is 6.19. The van der Waals surface area contributed by atoms with E-state index in [-0.39, 0.29) is 11.8 Å². The Bertz CT molecular complexity index is 1270. The monoisotopic (exact) mass is 523 g/mol. The fraction of sp³-hybridized carbons (Fsp3) is 0.391. The van der Waals surface area contributed by atoms with Crippen molar-refractivity contribution in [1.29, 1.82) is 0 Å². The molecule has 2 saturated heterocycles. The van der Waals surface area contributed by atoms with Crippen LogP contribution in [0, 0.1) is 5.82 Å². The van der Waals surface area contributed by atoms with Crippen LogP contribution in [0.5, 0.6) is 0 Å². The van der Waals surface area contributed by atoms with E-state index in [0.717, 1.165) is 57.9 Å². The molecule has 0 atom stereocenters. The van der Waals surface area contributed by atoms with E-state index in [9.17, 15) is 22.4 Å². The lowest BCUT2D eigenvalue weighted by Gasteiger charge is -2.28. The van der Waals surface area contributed by atoms with Gasteiger partial charge in [0.25, 0.3) is 0 Å². The van der Waals surface area contributed by atoms with Gasteiger partial charge in [-0.25, -0.2) is 23.9 Å². The van der Waals surface area contributed by atoms with E-state index in [1.165, 1.54) is 6.07 Å². The molecular formula is C23H25F4N7O3. The highest BCUT2D eigenvalue weighted by atomic mass is 19.4. The summed E-state index contributed by atoms with van der Waals surface area (Å²) in [7, 11) is 0. The first-order chi connectivity index (χ1) is 17.6. The van der Waals surface area contributed by atoms with Crippen LogP contribution in [0.4, 0.5) is 33.9 Å². The molecule has 37 heavy (non-hydrogen) atoms. The number of nitrogens with one attached hydrogen (secondary N) is 2. The highest BCUT2D eigenvalue weighted by molar-refractivity contribution is 5.90. The third-order valence-corrected chi connectivity index (χ3v) is 5.93. The van der Waals surface area contributed by atoms with Crippen molar-refractivity contribution in [3.8, 4) is 11.3 Å². The number of carbonyl (C=O) groups is 2. The van der Waals surface area contributed by atoms with Gasteiger partial charge in [-0.3, -0.25) is 4.40 Å². The number of carbonyl (C=O) groups excluding carboxylic acids is 1. The quantitative estimate of drug-likeness (QED) is 0.452. The first-order valence-electron chi connectivity index (χ1n) is 11.6. The number of benzene rings is 1. The van der Waals surface area contributed by atoms with Gasteiger partial charge in [-0.1, -0.05) is 0 Å². The van der Waals surface area contributed by atoms with Crippen molar-refractivity contribution in [3.05, 3.63) is 42.5 Å². The number of likely N-dealkylation sites (tertiary alicyclic amines) is 1. The van der Waals surface area contributed by atoms with Gasteiger partial charge in [-0.15, -0.1) is 0 Å². The van der Waals surface area contributed by atoms with Gasteiger partial charge in [0, 0.05) is 56.7 Å². The molecule has 198 valence electrons. The van der Waals surface area contributed by atoms with Gasteiger partial charge in [0.15, 0.2) is 0 Å². The molecule has 2 aliphatic rings. The standard InChI is InChI=1S/C21H24FN7O.C2HF3O2/c22-17-4-3-15(25-21(30)28-8-1-2-9-28)13-16(17)18-5-10-29-19(14-24-20(29)26-18)27-11-6-23-7-12-27;3-2(4,5)1(6)7/h3-5,10,13-14,23H,1-2,6-9,11-12H2,(H,25,30);(H,6,7). The Kier molecular flexibility index (Phi) is 7.76. The number of piperazine rings is 1. The summed E-state index contributed by atoms with van der Waals surface area (Å²) < 4.78 is 48.2. The number of carboxylic acid groups (broad SMARTS) is 1. The summed E-state index contributed by atoms with van der Waals surface area (Å²) in [5.41, 5.74) is 1.37. The Labute approximate surface area is 208 Å². The zero-order chi connectivity index (χ0) is 26.6. The Hall–Kier alpha value is -3.94. The molecule has 4 heterocycles. The van der Waals surface area contributed by atoms with Crippen LogP contribution < -0.4 is 15.5 Å². The smallest absolute Gasteiger partial charge is 0.475 e. The molecule has 3 aromatic rings. The molecule has 0 saturated carbocycles. The Balaban J connectivity index is 0.000000405. The van der Waals surface area contributed by atoms with Crippen molar-refractivity contribution in [2.75, 3.05) is 49.5 Å². The number of carboxylic acids is 1. The number of halogens is 4. The molecule has 5 rings (SSSR count). The zero-order valence-corrected chi connectivity index (χ0v) is 19.6. The maximum atomic E-state index is 14.6. The number of anilines is 2. The predicted octanol–water partition coefficient (Wildman–Crippen LogP) is 3.21. The SMILES string of the molecule is O=C(Nc1ccc(F)c(-c2ccn3c(N4CCNCC4)cnc3n2)c1)N1CCCC1.O=C(O)C(F)(F)F. The molecule has 0 unspecified atom stereocenters. The second-order valence-electron chi connectivity index (χ2n) is 8.46. The topological polar surface area (TPSA) is 115 Å². The molecule has 2 aliphatic heterocycles. The molecule has 2 aromatic heterocycles. The number of amides is 2. The minimum absolute atomic E-state index is 0.151.